The summed E-state index contributed by atoms with van der Waals surface area (Å²) >= 11 is 0. The predicted octanol–water partition coefficient (Wildman–Crippen LogP) is 1.84. The number of carbonyl (C=O) groups is 2. The first kappa shape index (κ1) is 19.4. The van der Waals surface area contributed by atoms with Crippen molar-refractivity contribution in [3.05, 3.63) is 24.4 Å². The fraction of sp³-hybridized carbons (Fsp3) is 0.647. The van der Waals surface area contributed by atoms with E-state index in [0.717, 1.165) is 0 Å². The summed E-state index contributed by atoms with van der Waals surface area (Å²) in [6.07, 6.45) is -2.85. The summed E-state index contributed by atoms with van der Waals surface area (Å²) in [6, 6.07) is 0. The topological polar surface area (TPSA) is 79.5 Å². The van der Waals surface area contributed by atoms with Crippen molar-refractivity contribution in [3.8, 4) is 0 Å². The van der Waals surface area contributed by atoms with Gasteiger partial charge in [0.25, 0.3) is 0 Å². The third-order valence-corrected chi connectivity index (χ3v) is 5.39. The van der Waals surface area contributed by atoms with Crippen molar-refractivity contribution in [2.24, 2.45) is 5.92 Å². The van der Waals surface area contributed by atoms with Crippen LogP contribution in [0.5, 0.6) is 0 Å². The van der Waals surface area contributed by atoms with Gasteiger partial charge in [-0.3, -0.25) is 9.59 Å². The maximum Gasteiger partial charge on any atom is 0.405 e. The van der Waals surface area contributed by atoms with Crippen LogP contribution in [0.4, 0.5) is 13.2 Å². The van der Waals surface area contributed by atoms with E-state index in [1.165, 1.54) is 17.9 Å². The first-order valence-electron chi connectivity index (χ1n) is 8.75. The van der Waals surface area contributed by atoms with Crippen molar-refractivity contribution in [1.29, 1.82) is 0 Å². The molecule has 2 fully saturated rings. The number of nitrogens with zero attached hydrogens (tertiary/aromatic N) is 4. The first-order valence-corrected chi connectivity index (χ1v) is 8.75. The standard InChI is InChI=1S/C17H21F3N4O3/c1-3-13(25)23-7-4-12(5-8-23)14(26)24-9-6-16(10-24,17(18,19)20)15-21-11(2)22-27-15/h3,12H,1,4-10H2,2H3. The van der Waals surface area contributed by atoms with Gasteiger partial charge >= 0.3 is 6.18 Å². The smallest absolute Gasteiger partial charge is 0.341 e. The Balaban J connectivity index is 1.71. The van der Waals surface area contributed by atoms with Crippen LogP contribution in [0.3, 0.4) is 0 Å². The molecule has 2 aliphatic rings. The van der Waals surface area contributed by atoms with Crippen molar-refractivity contribution in [2.45, 2.75) is 37.8 Å². The zero-order valence-electron chi connectivity index (χ0n) is 15.0. The van der Waals surface area contributed by atoms with E-state index in [2.05, 4.69) is 16.7 Å². The monoisotopic (exact) mass is 386 g/mol. The Kier molecular flexibility index (Phi) is 5.00. The number of aryl methyl sites for hydroxylation is 1. The van der Waals surface area contributed by atoms with Gasteiger partial charge in [-0.15, -0.1) is 0 Å². The molecule has 0 aliphatic carbocycles. The Morgan fingerprint density at radius 1 is 1.26 bits per heavy atom. The number of halogens is 3. The largest absolute Gasteiger partial charge is 0.405 e. The Hall–Kier alpha value is -2.39. The van der Waals surface area contributed by atoms with Gasteiger partial charge in [0.1, 0.15) is 0 Å². The molecule has 2 aliphatic heterocycles. The lowest BCUT2D eigenvalue weighted by molar-refractivity contribution is -0.194. The van der Waals surface area contributed by atoms with E-state index in [1.807, 2.05) is 0 Å². The lowest BCUT2D eigenvalue weighted by Gasteiger charge is -2.33. The fourth-order valence-electron chi connectivity index (χ4n) is 3.75. The van der Waals surface area contributed by atoms with Gasteiger partial charge in [0.05, 0.1) is 0 Å². The molecule has 3 heterocycles. The summed E-state index contributed by atoms with van der Waals surface area (Å²) in [5, 5.41) is 3.48. The summed E-state index contributed by atoms with van der Waals surface area (Å²) in [5.74, 6) is -1.29. The Bertz CT molecular complexity index is 740. The molecule has 0 radical (unpaired) electrons. The maximum absolute atomic E-state index is 13.8. The van der Waals surface area contributed by atoms with E-state index in [1.54, 1.807) is 4.90 Å². The third kappa shape index (κ3) is 3.44. The normalized spacial score (nSPS) is 24.3. The minimum Gasteiger partial charge on any atom is -0.341 e. The number of piperidine rings is 1. The summed E-state index contributed by atoms with van der Waals surface area (Å²) in [5.41, 5.74) is -2.33. The lowest BCUT2D eigenvalue weighted by Crippen LogP contribution is -2.48. The second-order valence-electron chi connectivity index (χ2n) is 7.04. The number of hydrogen-bond donors (Lipinski definition) is 0. The molecule has 0 spiro atoms. The number of carbonyl (C=O) groups excluding carboxylic acids is 2. The highest BCUT2D eigenvalue weighted by atomic mass is 19.4. The molecule has 7 nitrogen and oxygen atoms in total. The Morgan fingerprint density at radius 2 is 1.93 bits per heavy atom. The molecule has 1 unspecified atom stereocenters. The molecule has 0 N–H and O–H groups in total. The second-order valence-corrected chi connectivity index (χ2v) is 7.04. The molecule has 2 saturated heterocycles. The van der Waals surface area contributed by atoms with Gasteiger partial charge in [0, 0.05) is 32.1 Å². The molecule has 0 bridgehead atoms. The number of rotatable bonds is 3. The number of alkyl halides is 3. The van der Waals surface area contributed by atoms with Crippen LogP contribution in [0, 0.1) is 12.8 Å². The van der Waals surface area contributed by atoms with Crippen LogP contribution >= 0.6 is 0 Å². The van der Waals surface area contributed by atoms with Crippen LogP contribution in [0.2, 0.25) is 0 Å². The van der Waals surface area contributed by atoms with Crippen LogP contribution in [0.15, 0.2) is 17.2 Å². The molecule has 3 rings (SSSR count). The Morgan fingerprint density at radius 3 is 2.44 bits per heavy atom. The molecule has 1 atom stereocenters. The van der Waals surface area contributed by atoms with Crippen molar-refractivity contribution >= 4 is 11.8 Å². The Labute approximate surface area is 154 Å². The van der Waals surface area contributed by atoms with Gasteiger partial charge < -0.3 is 14.3 Å². The predicted molar refractivity (Wildman–Crippen MR) is 87.5 cm³/mol. The van der Waals surface area contributed by atoms with Crippen LogP contribution < -0.4 is 0 Å². The fourth-order valence-corrected chi connectivity index (χ4v) is 3.75. The zero-order valence-corrected chi connectivity index (χ0v) is 15.0. The second kappa shape index (κ2) is 6.97. The maximum atomic E-state index is 13.8. The van der Waals surface area contributed by atoms with Gasteiger partial charge in [-0.05, 0) is 32.3 Å². The zero-order chi connectivity index (χ0) is 19.8. The molecule has 1 aromatic rings. The van der Waals surface area contributed by atoms with E-state index in [0.29, 0.717) is 25.9 Å². The van der Waals surface area contributed by atoms with E-state index >= 15 is 0 Å². The van der Waals surface area contributed by atoms with Crippen LogP contribution in [0.25, 0.3) is 0 Å². The van der Waals surface area contributed by atoms with Crippen molar-refractivity contribution in [2.75, 3.05) is 26.2 Å². The summed E-state index contributed by atoms with van der Waals surface area (Å²) in [7, 11) is 0. The molecule has 1 aromatic heterocycles. The molecular weight excluding hydrogens is 365 g/mol. The molecule has 27 heavy (non-hydrogen) atoms. The summed E-state index contributed by atoms with van der Waals surface area (Å²) in [4.78, 5) is 31.0. The molecule has 148 valence electrons. The highest BCUT2D eigenvalue weighted by Gasteiger charge is 2.63. The van der Waals surface area contributed by atoms with Gasteiger partial charge in [-0.2, -0.15) is 18.2 Å². The van der Waals surface area contributed by atoms with Gasteiger partial charge in [-0.25, -0.2) is 0 Å². The van der Waals surface area contributed by atoms with Crippen molar-refractivity contribution in [3.63, 3.8) is 0 Å². The average Bonchev–Trinajstić information content (AvgIpc) is 3.27. The van der Waals surface area contributed by atoms with E-state index < -0.39 is 29.9 Å². The van der Waals surface area contributed by atoms with Gasteiger partial charge in [0.15, 0.2) is 11.2 Å². The minimum atomic E-state index is -4.61. The van der Waals surface area contributed by atoms with Crippen LogP contribution in [0.1, 0.15) is 31.0 Å². The number of aromatic nitrogens is 2. The number of amides is 2. The minimum absolute atomic E-state index is 0.0222. The molecular formula is C17H21F3N4O3. The first-order chi connectivity index (χ1) is 12.7. The highest BCUT2D eigenvalue weighted by molar-refractivity contribution is 5.87. The van der Waals surface area contributed by atoms with Gasteiger partial charge in [-0.1, -0.05) is 11.7 Å². The third-order valence-electron chi connectivity index (χ3n) is 5.39. The van der Waals surface area contributed by atoms with Gasteiger partial charge in [0.2, 0.25) is 17.7 Å². The molecule has 10 heteroatoms. The van der Waals surface area contributed by atoms with Crippen molar-refractivity contribution in [1.82, 2.24) is 19.9 Å². The van der Waals surface area contributed by atoms with Crippen LogP contribution in [-0.2, 0) is 15.0 Å². The molecule has 2 amide bonds. The molecule has 0 aromatic carbocycles. The van der Waals surface area contributed by atoms with E-state index in [4.69, 9.17) is 4.52 Å². The van der Waals surface area contributed by atoms with Crippen LogP contribution in [-0.4, -0.2) is 64.1 Å². The average molecular weight is 386 g/mol. The summed E-state index contributed by atoms with van der Waals surface area (Å²) < 4.78 is 46.4. The quantitative estimate of drug-likeness (QED) is 0.741. The van der Waals surface area contributed by atoms with Crippen molar-refractivity contribution < 1.29 is 27.3 Å². The number of hydrogen-bond acceptors (Lipinski definition) is 5. The summed E-state index contributed by atoms with van der Waals surface area (Å²) in [6.45, 7) is 5.12. The highest BCUT2D eigenvalue weighted by Crippen LogP contribution is 2.47. The number of likely N-dealkylation sites (tertiary alicyclic amines) is 2. The lowest BCUT2D eigenvalue weighted by atomic mass is 9.86. The SMILES string of the molecule is C=CC(=O)N1CCC(C(=O)N2CCC(c3nc(C)no3)(C(F)(F)F)C2)CC1. The molecule has 0 saturated carbocycles. The van der Waals surface area contributed by atoms with E-state index in [-0.39, 0.29) is 30.6 Å². The van der Waals surface area contributed by atoms with E-state index in [9.17, 15) is 22.8 Å².